The van der Waals surface area contributed by atoms with Crippen molar-refractivity contribution in [1.82, 2.24) is 5.32 Å². The average molecular weight is 222 g/mol. The van der Waals surface area contributed by atoms with Gasteiger partial charge in [0.1, 0.15) is 0 Å². The predicted molar refractivity (Wildman–Crippen MR) is 50.3 cm³/mol. The van der Waals surface area contributed by atoms with Crippen LogP contribution in [0.25, 0.3) is 0 Å². The van der Waals surface area contributed by atoms with Gasteiger partial charge in [-0.25, -0.2) is 8.78 Å². The molecule has 0 saturated heterocycles. The second-order valence-corrected chi connectivity index (χ2v) is 3.22. The van der Waals surface area contributed by atoms with Crippen molar-refractivity contribution in [2.75, 3.05) is 13.6 Å². The molecule has 1 rings (SSSR count). The van der Waals surface area contributed by atoms with Crippen LogP contribution < -0.4 is 5.32 Å². The van der Waals surface area contributed by atoms with Gasteiger partial charge in [0.05, 0.1) is 11.1 Å². The van der Waals surface area contributed by atoms with Gasteiger partial charge >= 0.3 is 0 Å². The Bertz CT molecular complexity index is 333. The van der Waals surface area contributed by atoms with Crippen LogP contribution >= 0.6 is 11.6 Å². The summed E-state index contributed by atoms with van der Waals surface area (Å²) in [5.74, 6) is -2.14. The minimum absolute atomic E-state index is 0.180. The summed E-state index contributed by atoms with van der Waals surface area (Å²) in [7, 11) is 1.64. The van der Waals surface area contributed by atoms with Gasteiger partial charge < -0.3 is 10.4 Å². The van der Waals surface area contributed by atoms with Gasteiger partial charge in [-0.05, 0) is 13.1 Å². The summed E-state index contributed by atoms with van der Waals surface area (Å²) < 4.78 is 25.6. The van der Waals surface area contributed by atoms with Crippen LogP contribution in [0.3, 0.4) is 0 Å². The van der Waals surface area contributed by atoms with Crippen LogP contribution in [0.1, 0.15) is 11.7 Å². The van der Waals surface area contributed by atoms with Gasteiger partial charge in [-0.1, -0.05) is 17.7 Å². The fraction of sp³-hybridized carbons (Fsp3) is 0.333. The number of likely N-dealkylation sites (N-methyl/N-ethyl adjacent to an activating group) is 1. The van der Waals surface area contributed by atoms with Gasteiger partial charge in [0.15, 0.2) is 11.6 Å². The molecule has 1 aromatic carbocycles. The van der Waals surface area contributed by atoms with E-state index in [4.69, 9.17) is 11.6 Å². The van der Waals surface area contributed by atoms with Gasteiger partial charge in [-0.3, -0.25) is 0 Å². The standard InChI is InChI=1S/C9H10ClF2NO/c1-13-4-7(14)5-2-3-6(11)9(12)8(5)10/h2-3,7,13-14H,4H2,1H3. The second-order valence-electron chi connectivity index (χ2n) is 2.84. The van der Waals surface area contributed by atoms with Crippen molar-refractivity contribution >= 4 is 11.6 Å². The normalized spacial score (nSPS) is 12.9. The Labute approximate surface area is 85.5 Å². The topological polar surface area (TPSA) is 32.3 Å². The van der Waals surface area contributed by atoms with Gasteiger partial charge in [-0.15, -0.1) is 0 Å². The van der Waals surface area contributed by atoms with Crippen LogP contribution in [0.5, 0.6) is 0 Å². The zero-order valence-electron chi connectivity index (χ0n) is 7.52. The van der Waals surface area contributed by atoms with Crippen LogP contribution in [-0.2, 0) is 0 Å². The van der Waals surface area contributed by atoms with E-state index >= 15 is 0 Å². The molecule has 1 unspecified atom stereocenters. The Kier molecular flexibility index (Phi) is 3.80. The number of halogens is 3. The molecule has 0 spiro atoms. The minimum atomic E-state index is -1.13. The van der Waals surface area contributed by atoms with E-state index in [0.717, 1.165) is 6.07 Å². The maximum Gasteiger partial charge on any atom is 0.177 e. The molecule has 1 aromatic rings. The molecule has 2 nitrogen and oxygen atoms in total. The number of benzene rings is 1. The van der Waals surface area contributed by atoms with Crippen molar-refractivity contribution in [3.63, 3.8) is 0 Å². The van der Waals surface area contributed by atoms with E-state index in [9.17, 15) is 13.9 Å². The van der Waals surface area contributed by atoms with E-state index in [1.165, 1.54) is 6.07 Å². The first kappa shape index (κ1) is 11.4. The molecule has 14 heavy (non-hydrogen) atoms. The molecule has 0 bridgehead atoms. The molecule has 0 aromatic heterocycles. The van der Waals surface area contributed by atoms with Crippen molar-refractivity contribution < 1.29 is 13.9 Å². The Morgan fingerprint density at radius 2 is 2.14 bits per heavy atom. The summed E-state index contributed by atoms with van der Waals surface area (Å²) >= 11 is 5.53. The van der Waals surface area contributed by atoms with Crippen molar-refractivity contribution in [3.05, 3.63) is 34.4 Å². The maximum absolute atomic E-state index is 13.0. The molecule has 0 heterocycles. The molecule has 0 aliphatic heterocycles. The molecule has 0 aliphatic carbocycles. The van der Waals surface area contributed by atoms with E-state index in [0.29, 0.717) is 0 Å². The number of aliphatic hydroxyl groups excluding tert-OH is 1. The van der Waals surface area contributed by atoms with Crippen LogP contribution in [-0.4, -0.2) is 18.7 Å². The molecule has 0 aliphatic rings. The molecule has 78 valence electrons. The van der Waals surface area contributed by atoms with Crippen molar-refractivity contribution in [1.29, 1.82) is 0 Å². The highest BCUT2D eigenvalue weighted by Gasteiger charge is 2.16. The third kappa shape index (κ3) is 2.20. The molecular weight excluding hydrogens is 212 g/mol. The number of aliphatic hydroxyl groups is 1. The van der Waals surface area contributed by atoms with E-state index in [2.05, 4.69) is 5.32 Å². The summed E-state index contributed by atoms with van der Waals surface area (Å²) in [4.78, 5) is 0. The van der Waals surface area contributed by atoms with E-state index in [-0.39, 0.29) is 17.1 Å². The number of nitrogens with one attached hydrogen (secondary N) is 1. The zero-order chi connectivity index (χ0) is 10.7. The number of rotatable bonds is 3. The van der Waals surface area contributed by atoms with Crippen LogP contribution in [0, 0.1) is 11.6 Å². The van der Waals surface area contributed by atoms with Crippen molar-refractivity contribution in [2.45, 2.75) is 6.10 Å². The van der Waals surface area contributed by atoms with Gasteiger partial charge in [0.25, 0.3) is 0 Å². The highest BCUT2D eigenvalue weighted by molar-refractivity contribution is 6.31. The lowest BCUT2D eigenvalue weighted by molar-refractivity contribution is 0.177. The lowest BCUT2D eigenvalue weighted by Gasteiger charge is -2.12. The summed E-state index contributed by atoms with van der Waals surface area (Å²) in [5, 5.41) is 11.8. The average Bonchev–Trinajstić information content (AvgIpc) is 2.15. The quantitative estimate of drug-likeness (QED) is 0.764. The Morgan fingerprint density at radius 1 is 1.50 bits per heavy atom. The van der Waals surface area contributed by atoms with Crippen molar-refractivity contribution in [2.24, 2.45) is 0 Å². The van der Waals surface area contributed by atoms with Crippen molar-refractivity contribution in [3.8, 4) is 0 Å². The lowest BCUT2D eigenvalue weighted by Crippen LogP contribution is -2.17. The number of hydrogen-bond acceptors (Lipinski definition) is 2. The first-order valence-electron chi connectivity index (χ1n) is 4.04. The summed E-state index contributed by atoms with van der Waals surface area (Å²) in [6.07, 6.45) is -0.942. The lowest BCUT2D eigenvalue weighted by atomic mass is 10.1. The minimum Gasteiger partial charge on any atom is -0.387 e. The number of hydrogen-bond donors (Lipinski definition) is 2. The monoisotopic (exact) mass is 221 g/mol. The van der Waals surface area contributed by atoms with Gasteiger partial charge in [0, 0.05) is 12.1 Å². The molecule has 0 fully saturated rings. The van der Waals surface area contributed by atoms with Crippen LogP contribution in [0.15, 0.2) is 12.1 Å². The van der Waals surface area contributed by atoms with E-state index in [1.54, 1.807) is 7.05 Å². The molecule has 0 amide bonds. The smallest absolute Gasteiger partial charge is 0.177 e. The molecule has 0 saturated carbocycles. The summed E-state index contributed by atoms with van der Waals surface area (Å²) in [6.45, 7) is 0.227. The Balaban J connectivity index is 3.04. The van der Waals surface area contributed by atoms with E-state index in [1.807, 2.05) is 0 Å². The first-order valence-corrected chi connectivity index (χ1v) is 4.41. The highest BCUT2D eigenvalue weighted by Crippen LogP contribution is 2.26. The zero-order valence-corrected chi connectivity index (χ0v) is 8.28. The van der Waals surface area contributed by atoms with E-state index < -0.39 is 17.7 Å². The highest BCUT2D eigenvalue weighted by atomic mass is 35.5. The summed E-state index contributed by atoms with van der Waals surface area (Å²) in [5.41, 5.74) is 0.180. The van der Waals surface area contributed by atoms with Gasteiger partial charge in [-0.2, -0.15) is 0 Å². The molecule has 1 atom stereocenters. The third-order valence-electron chi connectivity index (χ3n) is 1.82. The fourth-order valence-electron chi connectivity index (χ4n) is 1.10. The molecule has 2 N–H and O–H groups in total. The second kappa shape index (κ2) is 4.68. The Hall–Kier alpha value is -0.710. The van der Waals surface area contributed by atoms with Crippen LogP contribution in [0.2, 0.25) is 5.02 Å². The summed E-state index contributed by atoms with van der Waals surface area (Å²) in [6, 6.07) is 2.21. The fourth-order valence-corrected chi connectivity index (χ4v) is 1.38. The van der Waals surface area contributed by atoms with Crippen LogP contribution in [0.4, 0.5) is 8.78 Å². The largest absolute Gasteiger partial charge is 0.387 e. The molecule has 0 radical (unpaired) electrons. The third-order valence-corrected chi connectivity index (χ3v) is 2.21. The first-order chi connectivity index (χ1) is 6.57. The SMILES string of the molecule is CNCC(O)c1ccc(F)c(F)c1Cl. The Morgan fingerprint density at radius 3 is 2.71 bits per heavy atom. The molecule has 5 heteroatoms. The molecular formula is C9H10ClF2NO. The predicted octanol–water partition coefficient (Wildman–Crippen LogP) is 1.87. The van der Waals surface area contributed by atoms with Gasteiger partial charge in [0.2, 0.25) is 0 Å². The maximum atomic E-state index is 13.0.